The average Bonchev–Trinajstić information content (AvgIpc) is 2.62. The molecule has 0 spiro atoms. The minimum Gasteiger partial charge on any atom is -0.378 e. The van der Waals surface area contributed by atoms with Crippen LogP contribution < -0.4 is 4.72 Å². The molecule has 1 fully saturated rings. The molecule has 0 unspecified atom stereocenters. The maximum atomic E-state index is 12.5. The topological polar surface area (TPSA) is 75.7 Å². The molecule has 25 heavy (non-hydrogen) atoms. The number of nitrogens with one attached hydrogen (secondary N) is 1. The number of amides is 1. The fraction of sp³-hybridized carbons (Fsp3) is 0.278. The molecule has 132 valence electrons. The zero-order chi connectivity index (χ0) is 17.7. The minimum absolute atomic E-state index is 0.116. The first-order chi connectivity index (χ1) is 12.0. The van der Waals surface area contributed by atoms with E-state index in [0.717, 1.165) is 0 Å². The number of nitrogens with zero attached hydrogens (tertiary/aromatic N) is 1. The van der Waals surface area contributed by atoms with E-state index < -0.39 is 10.0 Å². The Hall–Kier alpha value is -2.38. The lowest BCUT2D eigenvalue weighted by atomic mass is 10.1. The van der Waals surface area contributed by atoms with Crippen molar-refractivity contribution in [3.63, 3.8) is 0 Å². The summed E-state index contributed by atoms with van der Waals surface area (Å²) in [5.74, 6) is -0.234. The maximum absolute atomic E-state index is 12.5. The number of carbonyl (C=O) groups excluding carboxylic acids is 1. The third-order valence-electron chi connectivity index (χ3n) is 3.88. The molecule has 0 radical (unpaired) electrons. The number of anilines is 1. The van der Waals surface area contributed by atoms with E-state index in [1.54, 1.807) is 53.4 Å². The number of benzene rings is 2. The number of rotatable bonds is 5. The zero-order valence-electron chi connectivity index (χ0n) is 13.7. The van der Waals surface area contributed by atoms with E-state index in [1.165, 1.54) is 0 Å². The van der Waals surface area contributed by atoms with Crippen molar-refractivity contribution < 1.29 is 17.9 Å². The molecule has 1 saturated heterocycles. The van der Waals surface area contributed by atoms with Gasteiger partial charge in [0.1, 0.15) is 0 Å². The van der Waals surface area contributed by atoms with E-state index in [-0.39, 0.29) is 11.7 Å². The summed E-state index contributed by atoms with van der Waals surface area (Å²) in [6.07, 6.45) is 0. The van der Waals surface area contributed by atoms with Crippen LogP contribution in [-0.2, 0) is 20.5 Å². The van der Waals surface area contributed by atoms with Crippen LogP contribution in [0.15, 0.2) is 54.6 Å². The van der Waals surface area contributed by atoms with Crippen molar-refractivity contribution in [3.8, 4) is 0 Å². The molecule has 2 aromatic carbocycles. The highest BCUT2D eigenvalue weighted by molar-refractivity contribution is 7.91. The summed E-state index contributed by atoms with van der Waals surface area (Å²) in [6, 6.07) is 15.5. The molecule has 0 aromatic heterocycles. The highest BCUT2D eigenvalue weighted by atomic mass is 32.2. The van der Waals surface area contributed by atoms with Crippen LogP contribution in [0.2, 0.25) is 0 Å². The largest absolute Gasteiger partial charge is 0.378 e. The quantitative estimate of drug-likeness (QED) is 0.886. The molecule has 0 saturated carbocycles. The molecule has 1 aliphatic rings. The molecule has 0 atom stereocenters. The van der Waals surface area contributed by atoms with E-state index in [9.17, 15) is 13.2 Å². The Kier molecular flexibility index (Phi) is 5.35. The predicted molar refractivity (Wildman–Crippen MR) is 95.9 cm³/mol. The monoisotopic (exact) mass is 360 g/mol. The third kappa shape index (κ3) is 4.80. The fourth-order valence-corrected chi connectivity index (χ4v) is 3.86. The average molecular weight is 360 g/mol. The molecule has 2 aromatic rings. The van der Waals surface area contributed by atoms with Crippen LogP contribution in [0.4, 0.5) is 5.69 Å². The Balaban J connectivity index is 1.71. The van der Waals surface area contributed by atoms with Gasteiger partial charge in [-0.05, 0) is 23.8 Å². The van der Waals surface area contributed by atoms with Crippen molar-refractivity contribution in [1.29, 1.82) is 0 Å². The minimum atomic E-state index is -3.55. The van der Waals surface area contributed by atoms with Gasteiger partial charge in [-0.25, -0.2) is 8.42 Å². The standard InChI is InChI=1S/C18H20N2O4S/c21-18(20-9-11-24-12-10-20)16-7-4-8-17(13-16)19-25(22,23)14-15-5-2-1-3-6-15/h1-8,13,19H,9-12,14H2. The highest BCUT2D eigenvalue weighted by Crippen LogP contribution is 2.16. The van der Waals surface area contributed by atoms with E-state index in [0.29, 0.717) is 43.1 Å². The van der Waals surface area contributed by atoms with Crippen LogP contribution in [0.25, 0.3) is 0 Å². The van der Waals surface area contributed by atoms with Crippen LogP contribution in [0.1, 0.15) is 15.9 Å². The zero-order valence-corrected chi connectivity index (χ0v) is 14.5. The van der Waals surface area contributed by atoms with Crippen molar-refractivity contribution in [1.82, 2.24) is 4.90 Å². The van der Waals surface area contributed by atoms with Gasteiger partial charge in [0.05, 0.1) is 19.0 Å². The van der Waals surface area contributed by atoms with Crippen molar-refractivity contribution in [3.05, 3.63) is 65.7 Å². The molecule has 3 rings (SSSR count). The molecule has 7 heteroatoms. The van der Waals surface area contributed by atoms with Gasteiger partial charge in [0.15, 0.2) is 0 Å². The summed E-state index contributed by atoms with van der Waals surface area (Å²) < 4.78 is 32.4. The molecule has 1 amide bonds. The Morgan fingerprint density at radius 2 is 1.76 bits per heavy atom. The summed E-state index contributed by atoms with van der Waals surface area (Å²) in [5.41, 5.74) is 1.55. The lowest BCUT2D eigenvalue weighted by molar-refractivity contribution is 0.0303. The molecular formula is C18H20N2O4S. The normalized spacial score (nSPS) is 15.0. The molecule has 0 bridgehead atoms. The third-order valence-corrected chi connectivity index (χ3v) is 5.14. The summed E-state index contributed by atoms with van der Waals surface area (Å²) in [7, 11) is -3.55. The van der Waals surface area contributed by atoms with E-state index in [4.69, 9.17) is 4.74 Å². The number of hydrogen-bond donors (Lipinski definition) is 1. The van der Waals surface area contributed by atoms with Gasteiger partial charge in [0.25, 0.3) is 5.91 Å². The van der Waals surface area contributed by atoms with Crippen molar-refractivity contribution >= 4 is 21.6 Å². The Morgan fingerprint density at radius 1 is 1.04 bits per heavy atom. The lowest BCUT2D eigenvalue weighted by Gasteiger charge is -2.27. The molecule has 1 heterocycles. The number of ether oxygens (including phenoxy) is 1. The molecule has 1 N–H and O–H groups in total. The van der Waals surface area contributed by atoms with Gasteiger partial charge < -0.3 is 9.64 Å². The second-order valence-electron chi connectivity index (χ2n) is 5.83. The summed E-state index contributed by atoms with van der Waals surface area (Å²) >= 11 is 0. The molecule has 6 nitrogen and oxygen atoms in total. The number of morpholine rings is 1. The molecule has 1 aliphatic heterocycles. The highest BCUT2D eigenvalue weighted by Gasteiger charge is 2.19. The van der Waals surface area contributed by atoms with Crippen molar-refractivity contribution in [2.75, 3.05) is 31.0 Å². The SMILES string of the molecule is O=C(c1cccc(NS(=O)(=O)Cc2ccccc2)c1)N1CCOCC1. The van der Waals surface area contributed by atoms with Crippen LogP contribution in [0.3, 0.4) is 0 Å². The first-order valence-corrected chi connectivity index (χ1v) is 9.70. The van der Waals surface area contributed by atoms with Crippen LogP contribution in [0, 0.1) is 0 Å². The van der Waals surface area contributed by atoms with E-state index in [1.807, 2.05) is 6.07 Å². The summed E-state index contributed by atoms with van der Waals surface area (Å²) in [4.78, 5) is 14.2. The van der Waals surface area contributed by atoms with Gasteiger partial charge in [0, 0.05) is 24.3 Å². The van der Waals surface area contributed by atoms with Crippen LogP contribution in [0.5, 0.6) is 0 Å². The summed E-state index contributed by atoms with van der Waals surface area (Å²) in [5, 5.41) is 0. The van der Waals surface area contributed by atoms with E-state index >= 15 is 0 Å². The first-order valence-electron chi connectivity index (χ1n) is 8.05. The Bertz CT molecular complexity index is 831. The van der Waals surface area contributed by atoms with Gasteiger partial charge in [-0.3, -0.25) is 9.52 Å². The van der Waals surface area contributed by atoms with E-state index in [2.05, 4.69) is 4.72 Å². The lowest BCUT2D eigenvalue weighted by Crippen LogP contribution is -2.40. The van der Waals surface area contributed by atoms with Crippen molar-refractivity contribution in [2.45, 2.75) is 5.75 Å². The maximum Gasteiger partial charge on any atom is 0.254 e. The smallest absolute Gasteiger partial charge is 0.254 e. The van der Waals surface area contributed by atoms with Gasteiger partial charge in [0.2, 0.25) is 10.0 Å². The van der Waals surface area contributed by atoms with Crippen LogP contribution in [-0.4, -0.2) is 45.5 Å². The number of carbonyl (C=O) groups is 1. The Morgan fingerprint density at radius 3 is 2.48 bits per heavy atom. The molecule has 0 aliphatic carbocycles. The van der Waals surface area contributed by atoms with Gasteiger partial charge in [-0.15, -0.1) is 0 Å². The van der Waals surface area contributed by atoms with Gasteiger partial charge in [-0.2, -0.15) is 0 Å². The number of hydrogen-bond acceptors (Lipinski definition) is 4. The Labute approximate surface area is 147 Å². The van der Waals surface area contributed by atoms with Gasteiger partial charge >= 0.3 is 0 Å². The molecular weight excluding hydrogens is 340 g/mol. The number of sulfonamides is 1. The first kappa shape index (κ1) is 17.4. The second kappa shape index (κ2) is 7.67. The van der Waals surface area contributed by atoms with Crippen LogP contribution >= 0.6 is 0 Å². The van der Waals surface area contributed by atoms with Crippen molar-refractivity contribution in [2.24, 2.45) is 0 Å². The van der Waals surface area contributed by atoms with Gasteiger partial charge in [-0.1, -0.05) is 36.4 Å². The second-order valence-corrected chi connectivity index (χ2v) is 7.55. The fourth-order valence-electron chi connectivity index (χ4n) is 2.67. The predicted octanol–water partition coefficient (Wildman–Crippen LogP) is 2.10. The summed E-state index contributed by atoms with van der Waals surface area (Å²) in [6.45, 7) is 2.13.